The Morgan fingerprint density at radius 1 is 0.974 bits per heavy atom. The second-order valence-corrected chi connectivity index (χ2v) is 10.2. The molecule has 8 heteroatoms. The molecular weight excluding hydrogens is 526 g/mol. The number of halogens is 3. The van der Waals surface area contributed by atoms with Gasteiger partial charge >= 0.3 is 0 Å². The van der Waals surface area contributed by atoms with Crippen LogP contribution in [0.15, 0.2) is 72.3 Å². The summed E-state index contributed by atoms with van der Waals surface area (Å²) < 4.78 is 24.7. The van der Waals surface area contributed by atoms with E-state index in [1.54, 1.807) is 0 Å². The van der Waals surface area contributed by atoms with Crippen molar-refractivity contribution >= 4 is 34.7 Å². The SMILES string of the molecule is O=C(C1=C(c2ccc(OCCOc3cc(F)ccc3Cl)cc2)CCNC1)N(Cc1ccccc1Cl)C1CC1. The maximum atomic E-state index is 13.8. The van der Waals surface area contributed by atoms with Gasteiger partial charge in [-0.15, -0.1) is 0 Å². The van der Waals surface area contributed by atoms with Gasteiger partial charge in [0, 0.05) is 35.8 Å². The molecule has 0 bridgehead atoms. The molecule has 5 rings (SSSR count). The van der Waals surface area contributed by atoms with Crippen LogP contribution < -0.4 is 14.8 Å². The lowest BCUT2D eigenvalue weighted by Crippen LogP contribution is -2.39. The summed E-state index contributed by atoms with van der Waals surface area (Å²) in [7, 11) is 0. The first-order valence-corrected chi connectivity index (χ1v) is 13.5. The molecule has 1 aliphatic heterocycles. The first-order valence-electron chi connectivity index (χ1n) is 12.8. The van der Waals surface area contributed by atoms with Crippen molar-refractivity contribution in [2.24, 2.45) is 0 Å². The van der Waals surface area contributed by atoms with Gasteiger partial charge in [-0.1, -0.05) is 53.5 Å². The van der Waals surface area contributed by atoms with Gasteiger partial charge in [-0.3, -0.25) is 4.79 Å². The lowest BCUT2D eigenvalue weighted by Gasteiger charge is -2.28. The minimum atomic E-state index is -0.407. The van der Waals surface area contributed by atoms with Crippen LogP contribution in [0.1, 0.15) is 30.4 Å². The fourth-order valence-electron chi connectivity index (χ4n) is 4.60. The first kappa shape index (κ1) is 26.5. The first-order chi connectivity index (χ1) is 18.5. The van der Waals surface area contributed by atoms with Gasteiger partial charge in [0.15, 0.2) is 0 Å². The molecule has 38 heavy (non-hydrogen) atoms. The Kier molecular flexibility index (Phi) is 8.52. The van der Waals surface area contributed by atoms with Gasteiger partial charge in [0.25, 0.3) is 5.91 Å². The number of nitrogens with one attached hydrogen (secondary N) is 1. The Morgan fingerprint density at radius 3 is 2.50 bits per heavy atom. The highest BCUT2D eigenvalue weighted by Crippen LogP contribution is 2.34. The average Bonchev–Trinajstić information content (AvgIpc) is 3.78. The fraction of sp³-hybridized carbons (Fsp3) is 0.300. The van der Waals surface area contributed by atoms with Crippen LogP contribution in [0.5, 0.6) is 11.5 Å². The molecule has 0 atom stereocenters. The molecule has 0 aromatic heterocycles. The van der Waals surface area contributed by atoms with E-state index in [0.29, 0.717) is 28.9 Å². The summed E-state index contributed by atoms with van der Waals surface area (Å²) in [6, 6.07) is 19.7. The summed E-state index contributed by atoms with van der Waals surface area (Å²) >= 11 is 12.4. The van der Waals surface area contributed by atoms with Gasteiger partial charge in [0.05, 0.1) is 5.02 Å². The number of benzene rings is 3. The molecular formula is C30H29Cl2FN2O3. The smallest absolute Gasteiger partial charge is 0.251 e. The number of ether oxygens (including phenoxy) is 2. The van der Waals surface area contributed by atoms with Crippen LogP contribution in [-0.2, 0) is 11.3 Å². The number of hydrogen-bond donors (Lipinski definition) is 1. The Labute approximate surface area is 232 Å². The predicted octanol–water partition coefficient (Wildman–Crippen LogP) is 6.53. The van der Waals surface area contributed by atoms with E-state index < -0.39 is 5.82 Å². The van der Waals surface area contributed by atoms with Crippen molar-refractivity contribution in [3.8, 4) is 11.5 Å². The van der Waals surface area contributed by atoms with Crippen LogP contribution in [0.3, 0.4) is 0 Å². The lowest BCUT2D eigenvalue weighted by molar-refractivity contribution is -0.128. The molecule has 2 aliphatic rings. The zero-order valence-corrected chi connectivity index (χ0v) is 22.4. The molecule has 1 N–H and O–H groups in total. The van der Waals surface area contributed by atoms with Crippen LogP contribution in [-0.4, -0.2) is 43.2 Å². The summed E-state index contributed by atoms with van der Waals surface area (Å²) in [5.74, 6) is 0.636. The molecule has 3 aromatic rings. The normalized spacial score (nSPS) is 15.3. The third-order valence-corrected chi connectivity index (χ3v) is 7.41. The van der Waals surface area contributed by atoms with Crippen LogP contribution in [0.2, 0.25) is 10.0 Å². The molecule has 0 radical (unpaired) electrons. The van der Waals surface area contributed by atoms with E-state index in [9.17, 15) is 9.18 Å². The molecule has 198 valence electrons. The molecule has 5 nitrogen and oxygen atoms in total. The largest absolute Gasteiger partial charge is 0.490 e. The number of nitrogens with zero attached hydrogens (tertiary/aromatic N) is 1. The lowest BCUT2D eigenvalue weighted by atomic mass is 9.93. The summed E-state index contributed by atoms with van der Waals surface area (Å²) in [4.78, 5) is 15.8. The Balaban J connectivity index is 1.25. The molecule has 1 heterocycles. The zero-order valence-electron chi connectivity index (χ0n) is 20.9. The van der Waals surface area contributed by atoms with Crippen molar-refractivity contribution in [2.75, 3.05) is 26.3 Å². The third-order valence-electron chi connectivity index (χ3n) is 6.73. The van der Waals surface area contributed by atoms with Gasteiger partial charge in [-0.2, -0.15) is 0 Å². The molecule has 0 saturated heterocycles. The maximum absolute atomic E-state index is 13.8. The van der Waals surface area contributed by atoms with Crippen LogP contribution >= 0.6 is 23.2 Å². The van der Waals surface area contributed by atoms with Gasteiger partial charge in [-0.05, 0) is 72.8 Å². The van der Waals surface area contributed by atoms with E-state index in [1.807, 2.05) is 53.4 Å². The van der Waals surface area contributed by atoms with Gasteiger partial charge in [0.2, 0.25) is 0 Å². The van der Waals surface area contributed by atoms with Crippen LogP contribution in [0.25, 0.3) is 5.57 Å². The monoisotopic (exact) mass is 554 g/mol. The van der Waals surface area contributed by atoms with Gasteiger partial charge in [0.1, 0.15) is 30.5 Å². The molecule has 1 saturated carbocycles. The summed E-state index contributed by atoms with van der Waals surface area (Å²) in [5, 5.41) is 4.40. The maximum Gasteiger partial charge on any atom is 0.251 e. The van der Waals surface area contributed by atoms with E-state index >= 15 is 0 Å². The van der Waals surface area contributed by atoms with Crippen molar-refractivity contribution in [1.29, 1.82) is 0 Å². The van der Waals surface area contributed by atoms with Crippen molar-refractivity contribution < 1.29 is 18.7 Å². The number of amides is 1. The van der Waals surface area contributed by atoms with Crippen molar-refractivity contribution in [2.45, 2.75) is 31.8 Å². The highest BCUT2D eigenvalue weighted by atomic mass is 35.5. The summed E-state index contributed by atoms with van der Waals surface area (Å²) in [6.07, 6.45) is 2.81. The van der Waals surface area contributed by atoms with Crippen LogP contribution in [0.4, 0.5) is 4.39 Å². The number of hydrogen-bond acceptors (Lipinski definition) is 4. The molecule has 1 amide bonds. The Morgan fingerprint density at radius 2 is 1.74 bits per heavy atom. The van der Waals surface area contributed by atoms with E-state index in [0.717, 1.165) is 48.1 Å². The minimum absolute atomic E-state index is 0.0723. The summed E-state index contributed by atoms with van der Waals surface area (Å²) in [6.45, 7) is 2.37. The second kappa shape index (κ2) is 12.2. The zero-order chi connectivity index (χ0) is 26.5. The number of carbonyl (C=O) groups is 1. The van der Waals surface area contributed by atoms with E-state index in [1.165, 1.54) is 18.2 Å². The van der Waals surface area contributed by atoms with Gasteiger partial charge in [-0.25, -0.2) is 4.39 Å². The molecule has 0 unspecified atom stereocenters. The Hall–Kier alpha value is -3.06. The highest BCUT2D eigenvalue weighted by Gasteiger charge is 2.35. The topological polar surface area (TPSA) is 50.8 Å². The van der Waals surface area contributed by atoms with Crippen LogP contribution in [0, 0.1) is 5.82 Å². The number of carbonyl (C=O) groups excluding carboxylic acids is 1. The fourth-order valence-corrected chi connectivity index (χ4v) is 4.96. The summed E-state index contributed by atoms with van der Waals surface area (Å²) in [5.41, 5.74) is 3.85. The van der Waals surface area contributed by atoms with E-state index in [2.05, 4.69) is 5.32 Å². The molecule has 1 aliphatic carbocycles. The molecule has 1 fully saturated rings. The molecule has 3 aromatic carbocycles. The highest BCUT2D eigenvalue weighted by molar-refractivity contribution is 6.32. The standard InChI is InChI=1S/C30H29Cl2FN2O3/c31-27-4-2-1-3-21(27)19-35(23-8-9-23)30(36)26-18-34-14-13-25(26)20-5-10-24(11-6-20)37-15-16-38-29-17-22(33)7-12-28(29)32/h1-7,10-12,17,23,34H,8-9,13-16,18-19H2. The third kappa shape index (κ3) is 6.49. The van der Waals surface area contributed by atoms with E-state index in [4.69, 9.17) is 32.7 Å². The number of rotatable bonds is 10. The predicted molar refractivity (Wildman–Crippen MR) is 148 cm³/mol. The molecule has 0 spiro atoms. The van der Waals surface area contributed by atoms with E-state index in [-0.39, 0.29) is 30.9 Å². The van der Waals surface area contributed by atoms with Crippen molar-refractivity contribution in [3.05, 3.63) is 99.3 Å². The quantitative estimate of drug-likeness (QED) is 0.289. The van der Waals surface area contributed by atoms with Crippen molar-refractivity contribution in [3.63, 3.8) is 0 Å². The van der Waals surface area contributed by atoms with Gasteiger partial charge < -0.3 is 19.7 Å². The minimum Gasteiger partial charge on any atom is -0.490 e. The average molecular weight is 555 g/mol. The van der Waals surface area contributed by atoms with Crippen molar-refractivity contribution in [1.82, 2.24) is 10.2 Å². The second-order valence-electron chi connectivity index (χ2n) is 9.44. The Bertz CT molecular complexity index is 1330.